The first-order valence-electron chi connectivity index (χ1n) is 19.1. The summed E-state index contributed by atoms with van der Waals surface area (Å²) < 4.78 is 6.67. The molecule has 0 radical (unpaired) electrons. The van der Waals surface area contributed by atoms with E-state index in [1.165, 1.54) is 114 Å². The highest BCUT2D eigenvalue weighted by Gasteiger charge is 2.61. The van der Waals surface area contributed by atoms with Gasteiger partial charge in [-0.2, -0.15) is 0 Å². The molecule has 50 heavy (non-hydrogen) atoms. The molecule has 2 unspecified atom stereocenters. The number of aryl methyl sites for hydroxylation is 1. The minimum atomic E-state index is 0.0309. The van der Waals surface area contributed by atoms with Crippen LogP contribution in [0.5, 0.6) is 11.5 Å². The summed E-state index contributed by atoms with van der Waals surface area (Å²) in [6.07, 6.45) is 11.4. The van der Waals surface area contributed by atoms with Crippen LogP contribution in [0.1, 0.15) is 82.8 Å². The number of hydrogen-bond acceptors (Lipinski definition) is 4. The molecular weight excluding hydrogens is 609 g/mol. The van der Waals surface area contributed by atoms with Gasteiger partial charge in [0.15, 0.2) is 0 Å². The van der Waals surface area contributed by atoms with Crippen LogP contribution in [0.15, 0.2) is 97.1 Å². The van der Waals surface area contributed by atoms with Gasteiger partial charge in [-0.25, -0.2) is 0 Å². The Morgan fingerprint density at radius 3 is 2.22 bits per heavy atom. The fraction of sp³-hybridized carbons (Fsp3) is 0.333. The van der Waals surface area contributed by atoms with Crippen LogP contribution in [0.4, 0.5) is 39.8 Å². The second-order valence-electron chi connectivity index (χ2n) is 16.4. The van der Waals surface area contributed by atoms with Gasteiger partial charge in [0.05, 0.1) is 5.54 Å². The highest BCUT2D eigenvalue weighted by atomic mass is 16.5. The molecule has 4 heterocycles. The average Bonchev–Trinajstić information content (AvgIpc) is 3.34. The van der Waals surface area contributed by atoms with Crippen molar-refractivity contribution in [2.45, 2.75) is 95.6 Å². The highest BCUT2D eigenvalue weighted by Crippen LogP contribution is 2.61. The Labute approximate surface area is 296 Å². The SMILES string of the molecule is Cc1cc2c3c(c1)N1c4c(cccc4C4(C)CCCCC14C)B3c1ccc3cc1N2c1cccc(c1)Oc1cccc(c1)N3C1CCCCC1. The number of benzene rings is 5. The van der Waals surface area contributed by atoms with Crippen LogP contribution in [0.2, 0.25) is 0 Å². The summed E-state index contributed by atoms with van der Waals surface area (Å²) in [4.78, 5) is 8.02. The summed E-state index contributed by atoms with van der Waals surface area (Å²) in [7, 11) is 0. The van der Waals surface area contributed by atoms with Crippen molar-refractivity contribution >= 4 is 62.9 Å². The van der Waals surface area contributed by atoms with Gasteiger partial charge >= 0.3 is 0 Å². The third-order valence-corrected chi connectivity index (χ3v) is 13.7. The number of anilines is 7. The zero-order valence-corrected chi connectivity index (χ0v) is 29.5. The summed E-state index contributed by atoms with van der Waals surface area (Å²) in [5.41, 5.74) is 16.4. The maximum atomic E-state index is 6.67. The van der Waals surface area contributed by atoms with E-state index in [-0.39, 0.29) is 17.7 Å². The number of rotatable bonds is 1. The standard InChI is InChI=1S/C45H44BN3O/c1-29-24-40-42-41(25-29)49-43-36(44(2)22-7-8-23-45(44,49)3)18-11-19-38(43)46(42)37-21-20-33-28-39(37)48(40)32-15-10-17-35(27-32)50-34-16-9-14-31(26-34)47(33)30-12-5-4-6-13-30/h9-11,14-21,24-28,30H,4-8,12-13,22-23H2,1-3H3. The molecule has 0 aromatic heterocycles. The molecule has 5 aromatic rings. The first-order valence-corrected chi connectivity index (χ1v) is 19.1. The largest absolute Gasteiger partial charge is 0.457 e. The first-order chi connectivity index (χ1) is 24.4. The molecule has 11 rings (SSSR count). The maximum Gasteiger partial charge on any atom is 0.252 e. The third kappa shape index (κ3) is 3.73. The normalized spacial score (nSPS) is 24.1. The topological polar surface area (TPSA) is 19.0 Å². The van der Waals surface area contributed by atoms with Crippen molar-refractivity contribution in [2.24, 2.45) is 0 Å². The molecule has 4 aliphatic heterocycles. The molecule has 5 heteroatoms. The lowest BCUT2D eigenvalue weighted by Crippen LogP contribution is -2.64. The van der Waals surface area contributed by atoms with Gasteiger partial charge < -0.3 is 19.4 Å². The van der Waals surface area contributed by atoms with E-state index in [0.29, 0.717) is 6.04 Å². The molecule has 5 aromatic carbocycles. The molecule has 0 saturated heterocycles. The molecule has 2 atom stereocenters. The Balaban J connectivity index is 1.22. The van der Waals surface area contributed by atoms with E-state index in [0.717, 1.165) is 17.2 Å². The zero-order valence-electron chi connectivity index (χ0n) is 29.5. The van der Waals surface area contributed by atoms with Crippen LogP contribution in [-0.4, -0.2) is 18.3 Å². The number of fused-ring (bicyclic) bond motifs is 13. The van der Waals surface area contributed by atoms with E-state index < -0.39 is 0 Å². The number of nitrogens with zero attached hydrogens (tertiary/aromatic N) is 3. The molecule has 2 saturated carbocycles. The van der Waals surface area contributed by atoms with E-state index in [4.69, 9.17) is 4.74 Å². The van der Waals surface area contributed by atoms with Gasteiger partial charge in [-0.15, -0.1) is 0 Å². The second-order valence-corrected chi connectivity index (χ2v) is 16.4. The van der Waals surface area contributed by atoms with E-state index in [9.17, 15) is 0 Å². The quantitative estimate of drug-likeness (QED) is 0.165. The van der Waals surface area contributed by atoms with E-state index in [2.05, 4.69) is 133 Å². The summed E-state index contributed by atoms with van der Waals surface area (Å²) in [5, 5.41) is 0. The van der Waals surface area contributed by atoms with E-state index in [1.54, 1.807) is 5.56 Å². The third-order valence-electron chi connectivity index (χ3n) is 13.7. The van der Waals surface area contributed by atoms with Crippen LogP contribution in [-0.2, 0) is 5.41 Å². The molecule has 6 bridgehead atoms. The molecule has 0 spiro atoms. The van der Waals surface area contributed by atoms with Crippen molar-refractivity contribution in [3.05, 3.63) is 108 Å². The molecule has 2 fully saturated rings. The van der Waals surface area contributed by atoms with Crippen LogP contribution >= 0.6 is 0 Å². The number of ether oxygens (including phenoxy) is 1. The van der Waals surface area contributed by atoms with Crippen LogP contribution in [0.3, 0.4) is 0 Å². The van der Waals surface area contributed by atoms with Crippen molar-refractivity contribution in [1.29, 1.82) is 0 Å². The molecule has 248 valence electrons. The zero-order chi connectivity index (χ0) is 33.4. The van der Waals surface area contributed by atoms with Gasteiger partial charge in [-0.3, -0.25) is 0 Å². The minimum absolute atomic E-state index is 0.0309. The number of para-hydroxylation sites is 1. The smallest absolute Gasteiger partial charge is 0.252 e. The summed E-state index contributed by atoms with van der Waals surface area (Å²) in [5.74, 6) is 1.75. The lowest BCUT2D eigenvalue weighted by Gasteiger charge is -2.53. The van der Waals surface area contributed by atoms with Crippen molar-refractivity contribution in [1.82, 2.24) is 0 Å². The fourth-order valence-corrected chi connectivity index (χ4v) is 11.3. The van der Waals surface area contributed by atoms with Crippen molar-refractivity contribution in [3.8, 4) is 11.5 Å². The second kappa shape index (κ2) is 10.2. The minimum Gasteiger partial charge on any atom is -0.457 e. The predicted molar refractivity (Wildman–Crippen MR) is 209 cm³/mol. The van der Waals surface area contributed by atoms with Crippen molar-refractivity contribution in [3.63, 3.8) is 0 Å². The van der Waals surface area contributed by atoms with E-state index >= 15 is 0 Å². The molecule has 4 nitrogen and oxygen atoms in total. The van der Waals surface area contributed by atoms with Gasteiger partial charge in [0.1, 0.15) is 11.5 Å². The Bertz CT molecular complexity index is 2240. The Kier molecular flexibility index (Phi) is 5.95. The van der Waals surface area contributed by atoms with Gasteiger partial charge in [0.2, 0.25) is 0 Å². The predicted octanol–water partition coefficient (Wildman–Crippen LogP) is 9.93. The lowest BCUT2D eigenvalue weighted by molar-refractivity contribution is 0.195. The first kappa shape index (κ1) is 29.1. The van der Waals surface area contributed by atoms with Crippen LogP contribution in [0, 0.1) is 6.92 Å². The summed E-state index contributed by atoms with van der Waals surface area (Å²) in [6.45, 7) is 7.60. The molecule has 6 aliphatic rings. The number of hydrogen-bond donors (Lipinski definition) is 0. The van der Waals surface area contributed by atoms with Crippen molar-refractivity contribution < 1.29 is 4.74 Å². The molecule has 0 N–H and O–H groups in total. The molecule has 2 aliphatic carbocycles. The highest BCUT2D eigenvalue weighted by molar-refractivity contribution is 7.00. The fourth-order valence-electron chi connectivity index (χ4n) is 11.3. The Hall–Kier alpha value is -4.64. The van der Waals surface area contributed by atoms with Crippen LogP contribution in [0.25, 0.3) is 0 Å². The molecule has 0 amide bonds. The van der Waals surface area contributed by atoms with Gasteiger partial charge in [0, 0.05) is 63.4 Å². The maximum absolute atomic E-state index is 6.67. The molecular formula is C45H44BN3O. The van der Waals surface area contributed by atoms with Gasteiger partial charge in [-0.1, -0.05) is 75.4 Å². The van der Waals surface area contributed by atoms with E-state index in [1.807, 2.05) is 0 Å². The Morgan fingerprint density at radius 1 is 0.660 bits per heavy atom. The van der Waals surface area contributed by atoms with Crippen LogP contribution < -0.4 is 35.8 Å². The van der Waals surface area contributed by atoms with Gasteiger partial charge in [0.25, 0.3) is 6.71 Å². The van der Waals surface area contributed by atoms with Gasteiger partial charge in [-0.05, 0) is 116 Å². The van der Waals surface area contributed by atoms with Crippen molar-refractivity contribution in [2.75, 3.05) is 14.7 Å². The average molecular weight is 654 g/mol. The summed E-state index contributed by atoms with van der Waals surface area (Å²) >= 11 is 0. The summed E-state index contributed by atoms with van der Waals surface area (Å²) in [6, 6.07) is 37.7. The monoisotopic (exact) mass is 653 g/mol. The lowest BCUT2D eigenvalue weighted by atomic mass is 9.33. The Morgan fingerprint density at radius 2 is 1.38 bits per heavy atom.